The van der Waals surface area contributed by atoms with Gasteiger partial charge in [0.1, 0.15) is 5.78 Å². The molecule has 1 nitrogen and oxygen atoms in total. The summed E-state index contributed by atoms with van der Waals surface area (Å²) in [5.74, 6) is 1.54. The molecule has 0 heterocycles. The first-order valence-corrected chi connectivity index (χ1v) is 6.60. The van der Waals surface area contributed by atoms with E-state index >= 15 is 0 Å². The zero-order chi connectivity index (χ0) is 11.9. The van der Waals surface area contributed by atoms with Gasteiger partial charge in [-0.2, -0.15) is 0 Å². The van der Waals surface area contributed by atoms with Gasteiger partial charge in [-0.05, 0) is 21.9 Å². The standard InChI is InChI=1S/C17H12O/c18-17-12-7-8-13(17)16-11-6-2-4-9-3-1-5-10(14(9)11)15(12)16/h1-8,12-13,15-16H/t12-,13+,15+,16-. The molecule has 18 heavy (non-hydrogen) atoms. The molecular weight excluding hydrogens is 220 g/mol. The lowest BCUT2D eigenvalue weighted by Gasteiger charge is -2.20. The van der Waals surface area contributed by atoms with Crippen LogP contribution in [0.2, 0.25) is 0 Å². The maximum atomic E-state index is 12.2. The van der Waals surface area contributed by atoms with E-state index in [1.54, 1.807) is 0 Å². The molecule has 3 aliphatic rings. The molecule has 0 radical (unpaired) electrons. The van der Waals surface area contributed by atoms with Crippen molar-refractivity contribution in [2.24, 2.45) is 11.8 Å². The van der Waals surface area contributed by atoms with Crippen molar-refractivity contribution < 1.29 is 4.79 Å². The van der Waals surface area contributed by atoms with Gasteiger partial charge in [-0.3, -0.25) is 4.79 Å². The van der Waals surface area contributed by atoms with E-state index in [0.29, 0.717) is 17.6 Å². The van der Waals surface area contributed by atoms with Gasteiger partial charge in [-0.15, -0.1) is 0 Å². The fourth-order valence-corrected chi connectivity index (χ4v) is 4.42. The lowest BCUT2D eigenvalue weighted by atomic mass is 9.81. The number of hydrogen-bond acceptors (Lipinski definition) is 1. The molecule has 0 saturated heterocycles. The summed E-state index contributed by atoms with van der Waals surface area (Å²) in [6.45, 7) is 0. The summed E-state index contributed by atoms with van der Waals surface area (Å²) in [4.78, 5) is 12.2. The maximum Gasteiger partial charge on any atom is 0.147 e. The van der Waals surface area contributed by atoms with Crippen molar-refractivity contribution in [2.75, 3.05) is 0 Å². The summed E-state index contributed by atoms with van der Waals surface area (Å²) in [5.41, 5.74) is 2.80. The van der Waals surface area contributed by atoms with Gasteiger partial charge in [0, 0.05) is 23.7 Å². The molecule has 86 valence electrons. The second-order valence-electron chi connectivity index (χ2n) is 5.68. The first-order chi connectivity index (χ1) is 8.86. The predicted octanol–water partition coefficient (Wildman–Crippen LogP) is 3.41. The van der Waals surface area contributed by atoms with E-state index in [2.05, 4.69) is 48.6 Å². The van der Waals surface area contributed by atoms with Gasteiger partial charge < -0.3 is 0 Å². The minimum absolute atomic E-state index is 0.137. The Balaban J connectivity index is 1.91. The summed E-state index contributed by atoms with van der Waals surface area (Å²) in [5, 5.41) is 2.74. The van der Waals surface area contributed by atoms with Crippen LogP contribution in [0.15, 0.2) is 48.6 Å². The van der Waals surface area contributed by atoms with E-state index in [4.69, 9.17) is 0 Å². The van der Waals surface area contributed by atoms with E-state index in [-0.39, 0.29) is 11.8 Å². The lowest BCUT2D eigenvalue weighted by molar-refractivity contribution is -0.121. The molecule has 3 aliphatic carbocycles. The van der Waals surface area contributed by atoms with Gasteiger partial charge in [0.25, 0.3) is 0 Å². The van der Waals surface area contributed by atoms with Crippen molar-refractivity contribution in [3.8, 4) is 0 Å². The van der Waals surface area contributed by atoms with E-state index in [9.17, 15) is 4.79 Å². The first kappa shape index (κ1) is 9.09. The van der Waals surface area contributed by atoms with Crippen molar-refractivity contribution in [1.29, 1.82) is 0 Å². The van der Waals surface area contributed by atoms with Crippen LogP contribution >= 0.6 is 0 Å². The van der Waals surface area contributed by atoms with Crippen LogP contribution in [0.1, 0.15) is 23.0 Å². The lowest BCUT2D eigenvalue weighted by Crippen LogP contribution is -2.10. The number of allylic oxidation sites excluding steroid dienone is 2. The zero-order valence-electron chi connectivity index (χ0n) is 9.84. The third-order valence-electron chi connectivity index (χ3n) is 5.03. The number of Topliss-reactive ketones (excluding diaryl/α,β-unsaturated/α-hetero) is 1. The van der Waals surface area contributed by atoms with Crippen LogP contribution in [0, 0.1) is 11.8 Å². The fraction of sp³-hybridized carbons (Fsp3) is 0.235. The Kier molecular flexibility index (Phi) is 1.39. The molecule has 2 aromatic rings. The third-order valence-corrected chi connectivity index (χ3v) is 5.03. The minimum atomic E-state index is 0.137. The summed E-state index contributed by atoms with van der Waals surface area (Å²) in [7, 11) is 0. The van der Waals surface area contributed by atoms with E-state index in [1.165, 1.54) is 21.9 Å². The molecule has 1 fully saturated rings. The Morgan fingerprint density at radius 1 is 0.778 bits per heavy atom. The second-order valence-corrected chi connectivity index (χ2v) is 5.68. The van der Waals surface area contributed by atoms with Crippen molar-refractivity contribution >= 4 is 16.6 Å². The van der Waals surface area contributed by atoms with Crippen LogP contribution in [0.5, 0.6) is 0 Å². The molecule has 0 amide bonds. The summed E-state index contributed by atoms with van der Waals surface area (Å²) < 4.78 is 0. The molecule has 0 N–H and O–H groups in total. The largest absolute Gasteiger partial charge is 0.298 e. The fourth-order valence-electron chi connectivity index (χ4n) is 4.42. The number of hydrogen-bond donors (Lipinski definition) is 0. The summed E-state index contributed by atoms with van der Waals surface area (Å²) >= 11 is 0. The van der Waals surface area contributed by atoms with Gasteiger partial charge in [0.05, 0.1) is 0 Å². The Morgan fingerprint density at radius 2 is 1.33 bits per heavy atom. The molecule has 1 saturated carbocycles. The van der Waals surface area contributed by atoms with Crippen LogP contribution in [0.4, 0.5) is 0 Å². The second kappa shape index (κ2) is 2.74. The van der Waals surface area contributed by atoms with Gasteiger partial charge >= 0.3 is 0 Å². The third kappa shape index (κ3) is 0.798. The molecule has 5 rings (SSSR count). The van der Waals surface area contributed by atoms with Crippen LogP contribution in [-0.2, 0) is 4.79 Å². The average Bonchev–Trinajstić information content (AvgIpc) is 3.02. The number of rotatable bonds is 0. The van der Waals surface area contributed by atoms with Gasteiger partial charge in [-0.25, -0.2) is 0 Å². The van der Waals surface area contributed by atoms with Gasteiger partial charge in [0.2, 0.25) is 0 Å². The highest BCUT2D eigenvalue weighted by Crippen LogP contribution is 2.61. The number of carbonyl (C=O) groups excluding carboxylic acids is 1. The first-order valence-electron chi connectivity index (χ1n) is 6.60. The minimum Gasteiger partial charge on any atom is -0.298 e. The SMILES string of the molecule is O=C1[C@H]2C=C[C@@H]1[C@@H]1c3cccc4cccc(c34)[C@@H]12. The normalized spacial score (nSPS) is 34.6. The highest BCUT2D eigenvalue weighted by Gasteiger charge is 2.55. The average molecular weight is 232 g/mol. The summed E-state index contributed by atoms with van der Waals surface area (Å²) in [6.07, 6.45) is 4.28. The van der Waals surface area contributed by atoms with Crippen molar-refractivity contribution in [1.82, 2.24) is 0 Å². The van der Waals surface area contributed by atoms with Crippen molar-refractivity contribution in [3.05, 3.63) is 59.7 Å². The number of fused-ring (bicyclic) bond motifs is 7. The van der Waals surface area contributed by atoms with Crippen LogP contribution in [0.3, 0.4) is 0 Å². The Hall–Kier alpha value is -1.89. The molecule has 2 aromatic carbocycles. The number of benzene rings is 2. The molecule has 0 aromatic heterocycles. The van der Waals surface area contributed by atoms with E-state index in [0.717, 1.165) is 0 Å². The predicted molar refractivity (Wildman–Crippen MR) is 70.6 cm³/mol. The smallest absolute Gasteiger partial charge is 0.147 e. The quantitative estimate of drug-likeness (QED) is 0.636. The molecule has 0 aliphatic heterocycles. The molecular formula is C17H12O. The van der Waals surface area contributed by atoms with Crippen LogP contribution in [0.25, 0.3) is 10.8 Å². The van der Waals surface area contributed by atoms with Gasteiger partial charge in [0.15, 0.2) is 0 Å². The molecule has 2 bridgehead atoms. The highest BCUT2D eigenvalue weighted by atomic mass is 16.1. The van der Waals surface area contributed by atoms with Crippen molar-refractivity contribution in [3.63, 3.8) is 0 Å². The van der Waals surface area contributed by atoms with Crippen LogP contribution in [-0.4, -0.2) is 5.78 Å². The highest BCUT2D eigenvalue weighted by molar-refractivity contribution is 6.01. The monoisotopic (exact) mass is 232 g/mol. The topological polar surface area (TPSA) is 17.1 Å². The van der Waals surface area contributed by atoms with E-state index < -0.39 is 0 Å². The summed E-state index contributed by atoms with van der Waals surface area (Å²) in [6, 6.07) is 13.1. The Morgan fingerprint density at radius 3 is 1.89 bits per heavy atom. The number of carbonyl (C=O) groups is 1. The van der Waals surface area contributed by atoms with Gasteiger partial charge in [-0.1, -0.05) is 48.6 Å². The van der Waals surface area contributed by atoms with E-state index in [1.807, 2.05) is 0 Å². The molecule has 1 heteroatoms. The molecule has 0 unspecified atom stereocenters. The zero-order valence-corrected chi connectivity index (χ0v) is 9.84. The molecule has 0 spiro atoms. The number of ketones is 1. The Labute approximate surface area is 105 Å². The molecule has 4 atom stereocenters. The van der Waals surface area contributed by atoms with Crippen molar-refractivity contribution in [2.45, 2.75) is 11.8 Å². The maximum absolute atomic E-state index is 12.2. The van der Waals surface area contributed by atoms with Crippen LogP contribution < -0.4 is 0 Å². The Bertz CT molecular complexity index is 684.